The predicted molar refractivity (Wildman–Crippen MR) is 78.0 cm³/mol. The first kappa shape index (κ1) is 14.3. The van der Waals surface area contributed by atoms with E-state index in [2.05, 4.69) is 29.0 Å². The number of nitrogens with one attached hydrogen (secondary N) is 1. The molecule has 18 heavy (non-hydrogen) atoms. The standard InChI is InChI=1S/C15H31N3/c1-3-18(4-2)15-9-12-17(13-15)11-8-14-7-5-6-10-16-14/h14-16H,3-13H2,1-2H3. The van der Waals surface area contributed by atoms with Gasteiger partial charge in [0.25, 0.3) is 0 Å². The molecule has 0 aromatic heterocycles. The van der Waals surface area contributed by atoms with Crippen molar-refractivity contribution in [2.45, 2.75) is 58.0 Å². The highest BCUT2D eigenvalue weighted by atomic mass is 15.2. The predicted octanol–water partition coefficient (Wildman–Crippen LogP) is 1.93. The maximum Gasteiger partial charge on any atom is 0.0235 e. The summed E-state index contributed by atoms with van der Waals surface area (Å²) in [5.74, 6) is 0. The van der Waals surface area contributed by atoms with E-state index in [0.29, 0.717) is 0 Å². The van der Waals surface area contributed by atoms with Gasteiger partial charge in [-0.2, -0.15) is 0 Å². The number of piperidine rings is 1. The maximum atomic E-state index is 3.66. The molecule has 3 heteroatoms. The molecular formula is C15H31N3. The van der Waals surface area contributed by atoms with Crippen LogP contribution >= 0.6 is 0 Å². The molecule has 2 rings (SSSR count). The van der Waals surface area contributed by atoms with Crippen molar-refractivity contribution in [2.75, 3.05) is 39.3 Å². The zero-order valence-electron chi connectivity index (χ0n) is 12.3. The minimum Gasteiger partial charge on any atom is -0.314 e. The average Bonchev–Trinajstić information content (AvgIpc) is 2.88. The van der Waals surface area contributed by atoms with E-state index in [1.165, 1.54) is 71.4 Å². The van der Waals surface area contributed by atoms with Crippen molar-refractivity contribution in [1.82, 2.24) is 15.1 Å². The van der Waals surface area contributed by atoms with E-state index in [1.54, 1.807) is 0 Å². The smallest absolute Gasteiger partial charge is 0.0235 e. The third kappa shape index (κ3) is 3.94. The molecule has 106 valence electrons. The van der Waals surface area contributed by atoms with Gasteiger partial charge in [0, 0.05) is 18.6 Å². The highest BCUT2D eigenvalue weighted by Crippen LogP contribution is 2.17. The van der Waals surface area contributed by atoms with Gasteiger partial charge in [-0.25, -0.2) is 0 Å². The van der Waals surface area contributed by atoms with E-state index in [0.717, 1.165) is 12.1 Å². The van der Waals surface area contributed by atoms with Gasteiger partial charge in [-0.3, -0.25) is 4.90 Å². The van der Waals surface area contributed by atoms with Gasteiger partial charge in [0.2, 0.25) is 0 Å². The van der Waals surface area contributed by atoms with Gasteiger partial charge in [0.1, 0.15) is 0 Å². The van der Waals surface area contributed by atoms with Gasteiger partial charge in [0.15, 0.2) is 0 Å². The van der Waals surface area contributed by atoms with Gasteiger partial charge in [-0.15, -0.1) is 0 Å². The van der Waals surface area contributed by atoms with Crippen LogP contribution in [0.5, 0.6) is 0 Å². The van der Waals surface area contributed by atoms with E-state index in [4.69, 9.17) is 0 Å². The highest BCUT2D eigenvalue weighted by Gasteiger charge is 2.26. The van der Waals surface area contributed by atoms with Gasteiger partial charge in [-0.05, 0) is 58.4 Å². The van der Waals surface area contributed by atoms with Crippen LogP contribution in [0.2, 0.25) is 0 Å². The van der Waals surface area contributed by atoms with Crippen molar-refractivity contribution in [3.8, 4) is 0 Å². The zero-order valence-corrected chi connectivity index (χ0v) is 12.3. The Labute approximate surface area is 113 Å². The Hall–Kier alpha value is -0.120. The molecule has 2 aliphatic rings. The van der Waals surface area contributed by atoms with Crippen LogP contribution in [-0.4, -0.2) is 61.2 Å². The van der Waals surface area contributed by atoms with Crippen molar-refractivity contribution in [2.24, 2.45) is 0 Å². The first-order valence-electron chi connectivity index (χ1n) is 8.03. The van der Waals surface area contributed by atoms with E-state index >= 15 is 0 Å². The van der Waals surface area contributed by atoms with Gasteiger partial charge >= 0.3 is 0 Å². The van der Waals surface area contributed by atoms with Crippen LogP contribution in [0.25, 0.3) is 0 Å². The molecule has 2 saturated heterocycles. The number of nitrogens with zero attached hydrogens (tertiary/aromatic N) is 2. The number of hydrogen-bond acceptors (Lipinski definition) is 3. The monoisotopic (exact) mass is 253 g/mol. The van der Waals surface area contributed by atoms with E-state index in [-0.39, 0.29) is 0 Å². The molecule has 0 radical (unpaired) electrons. The van der Waals surface area contributed by atoms with Crippen LogP contribution in [-0.2, 0) is 0 Å². The lowest BCUT2D eigenvalue weighted by atomic mass is 10.0. The summed E-state index contributed by atoms with van der Waals surface area (Å²) in [5.41, 5.74) is 0. The fourth-order valence-corrected chi connectivity index (χ4v) is 3.56. The second-order valence-electron chi connectivity index (χ2n) is 5.90. The third-order valence-electron chi connectivity index (χ3n) is 4.78. The van der Waals surface area contributed by atoms with Crippen LogP contribution in [0, 0.1) is 0 Å². The average molecular weight is 253 g/mol. The van der Waals surface area contributed by atoms with Crippen molar-refractivity contribution in [3.63, 3.8) is 0 Å². The number of likely N-dealkylation sites (tertiary alicyclic amines) is 1. The lowest BCUT2D eigenvalue weighted by Crippen LogP contribution is -2.39. The maximum absolute atomic E-state index is 3.66. The molecule has 2 unspecified atom stereocenters. The number of rotatable bonds is 6. The SMILES string of the molecule is CCN(CC)C1CCN(CCC2CCCCN2)C1. The summed E-state index contributed by atoms with van der Waals surface area (Å²) in [7, 11) is 0. The number of likely N-dealkylation sites (N-methyl/N-ethyl adjacent to an activating group) is 1. The Morgan fingerprint density at radius 3 is 2.67 bits per heavy atom. The summed E-state index contributed by atoms with van der Waals surface area (Å²) in [6.45, 7) is 12.2. The third-order valence-corrected chi connectivity index (χ3v) is 4.78. The van der Waals surface area contributed by atoms with E-state index < -0.39 is 0 Å². The van der Waals surface area contributed by atoms with Crippen LogP contribution < -0.4 is 5.32 Å². The Kier molecular flexibility index (Phi) is 5.93. The fourth-order valence-electron chi connectivity index (χ4n) is 3.56. The molecule has 0 spiro atoms. The Morgan fingerprint density at radius 2 is 2.00 bits per heavy atom. The Bertz CT molecular complexity index is 222. The largest absolute Gasteiger partial charge is 0.314 e. The summed E-state index contributed by atoms with van der Waals surface area (Å²) in [5, 5.41) is 3.66. The molecule has 0 aromatic carbocycles. The summed E-state index contributed by atoms with van der Waals surface area (Å²) < 4.78 is 0. The van der Waals surface area contributed by atoms with Crippen LogP contribution in [0.4, 0.5) is 0 Å². The van der Waals surface area contributed by atoms with Crippen LogP contribution in [0.1, 0.15) is 46.0 Å². The molecule has 2 fully saturated rings. The van der Waals surface area contributed by atoms with Crippen molar-refractivity contribution >= 4 is 0 Å². The molecule has 0 bridgehead atoms. The Balaban J connectivity index is 1.65. The first-order chi connectivity index (χ1) is 8.83. The molecule has 0 aliphatic carbocycles. The summed E-state index contributed by atoms with van der Waals surface area (Å²) in [6.07, 6.45) is 6.93. The van der Waals surface area contributed by atoms with Crippen LogP contribution in [0.3, 0.4) is 0 Å². The normalized spacial score (nSPS) is 30.2. The summed E-state index contributed by atoms with van der Waals surface area (Å²) in [4.78, 5) is 5.30. The second kappa shape index (κ2) is 7.46. The van der Waals surface area contributed by atoms with Crippen molar-refractivity contribution < 1.29 is 0 Å². The van der Waals surface area contributed by atoms with Gasteiger partial charge in [0.05, 0.1) is 0 Å². The zero-order chi connectivity index (χ0) is 12.8. The molecule has 2 aliphatic heterocycles. The minimum absolute atomic E-state index is 0.797. The fraction of sp³-hybridized carbons (Fsp3) is 1.00. The Morgan fingerprint density at radius 1 is 1.17 bits per heavy atom. The van der Waals surface area contributed by atoms with Crippen molar-refractivity contribution in [3.05, 3.63) is 0 Å². The van der Waals surface area contributed by atoms with Gasteiger partial charge in [-0.1, -0.05) is 20.3 Å². The topological polar surface area (TPSA) is 18.5 Å². The lowest BCUT2D eigenvalue weighted by Gasteiger charge is -2.28. The first-order valence-corrected chi connectivity index (χ1v) is 8.03. The molecule has 3 nitrogen and oxygen atoms in total. The summed E-state index contributed by atoms with van der Waals surface area (Å²) >= 11 is 0. The van der Waals surface area contributed by atoms with E-state index in [1.807, 2.05) is 0 Å². The molecular weight excluding hydrogens is 222 g/mol. The minimum atomic E-state index is 0.797. The summed E-state index contributed by atoms with van der Waals surface area (Å²) in [6, 6.07) is 1.62. The molecule has 0 aromatic rings. The quantitative estimate of drug-likeness (QED) is 0.780. The van der Waals surface area contributed by atoms with Gasteiger partial charge < -0.3 is 10.2 Å². The van der Waals surface area contributed by atoms with E-state index in [9.17, 15) is 0 Å². The number of hydrogen-bond donors (Lipinski definition) is 1. The molecule has 0 saturated carbocycles. The second-order valence-corrected chi connectivity index (χ2v) is 5.90. The highest BCUT2D eigenvalue weighted by molar-refractivity contribution is 4.84. The molecule has 2 atom stereocenters. The molecule has 0 amide bonds. The molecule has 2 heterocycles. The molecule has 1 N–H and O–H groups in total. The lowest BCUT2D eigenvalue weighted by molar-refractivity contribution is 0.206. The van der Waals surface area contributed by atoms with Crippen LogP contribution in [0.15, 0.2) is 0 Å². The van der Waals surface area contributed by atoms with Crippen molar-refractivity contribution in [1.29, 1.82) is 0 Å².